The fraction of sp³-hybridized carbons (Fsp3) is 0.188. The van der Waals surface area contributed by atoms with E-state index in [0.717, 1.165) is 18.2 Å². The molecule has 1 N–H and O–H groups in total. The summed E-state index contributed by atoms with van der Waals surface area (Å²) in [7, 11) is 0. The Morgan fingerprint density at radius 2 is 1.83 bits per heavy atom. The molecule has 3 rings (SSSR count). The average Bonchev–Trinajstić information content (AvgIpc) is 2.89. The van der Waals surface area contributed by atoms with Gasteiger partial charge in [-0.2, -0.15) is 0 Å². The van der Waals surface area contributed by atoms with E-state index in [0.29, 0.717) is 5.69 Å². The molecule has 0 saturated carbocycles. The molecule has 1 aromatic heterocycles. The highest BCUT2D eigenvalue weighted by Gasteiger charge is 2.35. The SMILES string of the molecule is O=C(Nc1ccncc1)[C@H]1CC(=O)N(c2cc(F)cc(F)c2)C1. The van der Waals surface area contributed by atoms with E-state index in [-0.39, 0.29) is 30.5 Å². The van der Waals surface area contributed by atoms with E-state index >= 15 is 0 Å². The van der Waals surface area contributed by atoms with E-state index in [2.05, 4.69) is 10.3 Å². The zero-order valence-corrected chi connectivity index (χ0v) is 12.0. The van der Waals surface area contributed by atoms with Crippen molar-refractivity contribution in [1.82, 2.24) is 4.98 Å². The van der Waals surface area contributed by atoms with Gasteiger partial charge in [0, 0.05) is 42.8 Å². The largest absolute Gasteiger partial charge is 0.326 e. The normalized spacial score (nSPS) is 17.4. The molecule has 1 aliphatic rings. The predicted molar refractivity (Wildman–Crippen MR) is 79.7 cm³/mol. The van der Waals surface area contributed by atoms with Crippen molar-refractivity contribution in [1.29, 1.82) is 0 Å². The number of nitrogens with one attached hydrogen (secondary N) is 1. The smallest absolute Gasteiger partial charge is 0.229 e. The monoisotopic (exact) mass is 317 g/mol. The second-order valence-electron chi connectivity index (χ2n) is 5.26. The molecular weight excluding hydrogens is 304 g/mol. The van der Waals surface area contributed by atoms with Crippen molar-refractivity contribution in [2.24, 2.45) is 5.92 Å². The van der Waals surface area contributed by atoms with E-state index in [1.54, 1.807) is 12.1 Å². The number of anilines is 2. The van der Waals surface area contributed by atoms with Crippen LogP contribution in [0.2, 0.25) is 0 Å². The van der Waals surface area contributed by atoms with Gasteiger partial charge in [-0.15, -0.1) is 0 Å². The minimum Gasteiger partial charge on any atom is -0.326 e. The van der Waals surface area contributed by atoms with Gasteiger partial charge in [0.25, 0.3) is 0 Å². The lowest BCUT2D eigenvalue weighted by atomic mass is 10.1. The van der Waals surface area contributed by atoms with Crippen molar-refractivity contribution < 1.29 is 18.4 Å². The molecule has 23 heavy (non-hydrogen) atoms. The minimum absolute atomic E-state index is 0.00491. The van der Waals surface area contributed by atoms with E-state index in [1.807, 2.05) is 0 Å². The summed E-state index contributed by atoms with van der Waals surface area (Å²) in [5.41, 5.74) is 0.694. The first-order valence-corrected chi connectivity index (χ1v) is 7.00. The number of hydrogen-bond donors (Lipinski definition) is 1. The predicted octanol–water partition coefficient (Wildman–Crippen LogP) is 2.35. The maximum atomic E-state index is 13.3. The summed E-state index contributed by atoms with van der Waals surface area (Å²) in [4.78, 5) is 29.3. The number of carbonyl (C=O) groups excluding carboxylic acids is 2. The topological polar surface area (TPSA) is 62.3 Å². The van der Waals surface area contributed by atoms with E-state index in [1.165, 1.54) is 17.3 Å². The third kappa shape index (κ3) is 3.33. The molecule has 1 saturated heterocycles. The number of rotatable bonds is 3. The highest BCUT2D eigenvalue weighted by molar-refractivity contribution is 6.03. The highest BCUT2D eigenvalue weighted by atomic mass is 19.1. The Morgan fingerprint density at radius 1 is 1.17 bits per heavy atom. The van der Waals surface area contributed by atoms with E-state index < -0.39 is 17.6 Å². The fourth-order valence-corrected chi connectivity index (χ4v) is 2.51. The molecule has 1 aromatic carbocycles. The Kier molecular flexibility index (Phi) is 4.01. The molecule has 0 radical (unpaired) electrons. The molecule has 5 nitrogen and oxygen atoms in total. The van der Waals surface area contributed by atoms with Crippen LogP contribution in [0.25, 0.3) is 0 Å². The summed E-state index contributed by atoms with van der Waals surface area (Å²) < 4.78 is 26.6. The van der Waals surface area contributed by atoms with Crippen LogP contribution in [0.3, 0.4) is 0 Å². The molecule has 118 valence electrons. The maximum Gasteiger partial charge on any atom is 0.229 e. The Balaban J connectivity index is 1.73. The molecule has 0 bridgehead atoms. The molecule has 1 fully saturated rings. The van der Waals surface area contributed by atoms with Gasteiger partial charge in [-0.3, -0.25) is 14.6 Å². The van der Waals surface area contributed by atoms with Crippen molar-refractivity contribution in [3.8, 4) is 0 Å². The molecule has 0 unspecified atom stereocenters. The molecule has 1 aliphatic heterocycles. The number of halogens is 2. The Morgan fingerprint density at radius 3 is 2.48 bits per heavy atom. The number of benzene rings is 1. The third-order valence-electron chi connectivity index (χ3n) is 3.60. The Hall–Kier alpha value is -2.83. The number of nitrogens with zero attached hydrogens (tertiary/aromatic N) is 2. The molecule has 1 atom stereocenters. The Labute approximate surface area is 130 Å². The first-order valence-electron chi connectivity index (χ1n) is 7.00. The molecule has 0 aliphatic carbocycles. The first-order chi connectivity index (χ1) is 11.0. The van der Waals surface area contributed by atoms with Crippen molar-refractivity contribution in [2.75, 3.05) is 16.8 Å². The minimum atomic E-state index is -0.766. The summed E-state index contributed by atoms with van der Waals surface area (Å²) in [6.07, 6.45) is 3.07. The van der Waals surface area contributed by atoms with Crippen LogP contribution in [-0.2, 0) is 9.59 Å². The molecule has 2 amide bonds. The molecule has 2 heterocycles. The molecular formula is C16H13F2N3O2. The highest BCUT2D eigenvalue weighted by Crippen LogP contribution is 2.27. The lowest BCUT2D eigenvalue weighted by molar-refractivity contribution is -0.122. The van der Waals surface area contributed by atoms with Crippen molar-refractivity contribution in [3.05, 3.63) is 54.4 Å². The quantitative estimate of drug-likeness (QED) is 0.945. The lowest BCUT2D eigenvalue weighted by Gasteiger charge is -2.17. The van der Waals surface area contributed by atoms with Crippen LogP contribution in [0, 0.1) is 17.6 Å². The second-order valence-corrected chi connectivity index (χ2v) is 5.26. The Bertz CT molecular complexity index is 732. The van der Waals surface area contributed by atoms with Crippen LogP contribution in [-0.4, -0.2) is 23.3 Å². The number of amides is 2. The first kappa shape index (κ1) is 15.1. The summed E-state index contributed by atoms with van der Waals surface area (Å²) >= 11 is 0. The molecule has 0 spiro atoms. The van der Waals surface area contributed by atoms with Crippen LogP contribution in [0.15, 0.2) is 42.7 Å². The van der Waals surface area contributed by atoms with Crippen LogP contribution < -0.4 is 10.2 Å². The van der Waals surface area contributed by atoms with Gasteiger partial charge in [0.05, 0.1) is 5.92 Å². The lowest BCUT2D eigenvalue weighted by Crippen LogP contribution is -2.28. The summed E-state index contributed by atoms with van der Waals surface area (Å²) in [5, 5.41) is 2.69. The standard InChI is InChI=1S/C16H13F2N3O2/c17-11-6-12(18)8-14(7-11)21-9-10(5-15(21)22)16(23)20-13-1-3-19-4-2-13/h1-4,6-8,10H,5,9H2,(H,19,20,23)/t10-/m0/s1. The van der Waals surface area contributed by atoms with Crippen LogP contribution in [0.5, 0.6) is 0 Å². The van der Waals surface area contributed by atoms with Crippen LogP contribution >= 0.6 is 0 Å². The number of carbonyl (C=O) groups is 2. The van der Waals surface area contributed by atoms with Gasteiger partial charge in [0.1, 0.15) is 11.6 Å². The summed E-state index contributed by atoms with van der Waals surface area (Å²) in [6.45, 7) is 0.0820. The molecule has 7 heteroatoms. The summed E-state index contributed by atoms with van der Waals surface area (Å²) in [6, 6.07) is 6.15. The maximum absolute atomic E-state index is 13.3. The molecule has 2 aromatic rings. The number of hydrogen-bond acceptors (Lipinski definition) is 3. The van der Waals surface area contributed by atoms with Gasteiger partial charge in [-0.05, 0) is 24.3 Å². The van der Waals surface area contributed by atoms with Crippen molar-refractivity contribution in [3.63, 3.8) is 0 Å². The van der Waals surface area contributed by atoms with Gasteiger partial charge in [-0.25, -0.2) is 8.78 Å². The zero-order chi connectivity index (χ0) is 16.4. The van der Waals surface area contributed by atoms with Gasteiger partial charge in [0.15, 0.2) is 0 Å². The fourth-order valence-electron chi connectivity index (χ4n) is 2.51. The van der Waals surface area contributed by atoms with Gasteiger partial charge in [-0.1, -0.05) is 0 Å². The van der Waals surface area contributed by atoms with Crippen LogP contribution in [0.4, 0.5) is 20.2 Å². The van der Waals surface area contributed by atoms with Crippen molar-refractivity contribution in [2.45, 2.75) is 6.42 Å². The van der Waals surface area contributed by atoms with E-state index in [4.69, 9.17) is 0 Å². The average molecular weight is 317 g/mol. The van der Waals surface area contributed by atoms with Crippen molar-refractivity contribution >= 4 is 23.2 Å². The number of pyridine rings is 1. The summed E-state index contributed by atoms with van der Waals surface area (Å²) in [5.74, 6) is -2.77. The van der Waals surface area contributed by atoms with Gasteiger partial charge < -0.3 is 10.2 Å². The van der Waals surface area contributed by atoms with Crippen LogP contribution in [0.1, 0.15) is 6.42 Å². The third-order valence-corrected chi connectivity index (χ3v) is 3.60. The van der Waals surface area contributed by atoms with Gasteiger partial charge in [0.2, 0.25) is 11.8 Å². The second kappa shape index (κ2) is 6.12. The van der Waals surface area contributed by atoms with E-state index in [9.17, 15) is 18.4 Å². The van der Waals surface area contributed by atoms with Gasteiger partial charge >= 0.3 is 0 Å². The zero-order valence-electron chi connectivity index (χ0n) is 12.0. The number of aromatic nitrogens is 1.